The lowest BCUT2D eigenvalue weighted by Crippen LogP contribution is -2.88. The summed E-state index contributed by atoms with van der Waals surface area (Å²) in [6, 6.07) is 5.02. The van der Waals surface area contributed by atoms with Gasteiger partial charge in [-0.15, -0.1) is 0 Å². The zero-order valence-electron chi connectivity index (χ0n) is 13.9. The first-order chi connectivity index (χ1) is 10.2. The molecule has 2 rings (SSSR count). The molecular formula is C18H30NO2+. The average molecular weight is 292 g/mol. The van der Waals surface area contributed by atoms with E-state index in [-0.39, 0.29) is 0 Å². The second-order valence-electron chi connectivity index (χ2n) is 5.74. The fourth-order valence-electron chi connectivity index (χ4n) is 3.47. The molecule has 1 unspecified atom stereocenters. The molecule has 3 heteroatoms. The van der Waals surface area contributed by atoms with Gasteiger partial charge in [-0.05, 0) is 44.4 Å². The lowest BCUT2D eigenvalue weighted by molar-refractivity contribution is -0.706. The molecular weight excluding hydrogens is 262 g/mol. The number of quaternary nitrogens is 1. The number of nitrogens with two attached hydrogens (primary N) is 1. The van der Waals surface area contributed by atoms with Crippen LogP contribution in [0, 0.1) is 5.92 Å². The fraction of sp³-hybridized carbons (Fsp3) is 0.667. The third kappa shape index (κ3) is 3.52. The van der Waals surface area contributed by atoms with Crippen molar-refractivity contribution in [1.82, 2.24) is 0 Å². The molecule has 3 nitrogen and oxygen atoms in total. The Labute approximate surface area is 129 Å². The molecule has 0 bridgehead atoms. The van der Waals surface area contributed by atoms with Gasteiger partial charge in [0.1, 0.15) is 6.04 Å². The molecule has 0 saturated carbocycles. The van der Waals surface area contributed by atoms with Crippen molar-refractivity contribution in [2.24, 2.45) is 5.92 Å². The number of rotatable bonds is 7. The van der Waals surface area contributed by atoms with E-state index in [4.69, 9.17) is 9.47 Å². The summed E-state index contributed by atoms with van der Waals surface area (Å²) in [5.74, 6) is 2.55. The lowest BCUT2D eigenvalue weighted by Gasteiger charge is -2.30. The molecule has 1 aliphatic rings. The van der Waals surface area contributed by atoms with Gasteiger partial charge >= 0.3 is 0 Å². The number of hydrogen-bond donors (Lipinski definition) is 1. The molecule has 0 spiro atoms. The van der Waals surface area contributed by atoms with E-state index < -0.39 is 0 Å². The van der Waals surface area contributed by atoms with Crippen molar-refractivity contribution < 1.29 is 14.8 Å². The third-order valence-electron chi connectivity index (χ3n) is 4.56. The lowest BCUT2D eigenvalue weighted by atomic mass is 9.83. The van der Waals surface area contributed by atoms with E-state index in [1.54, 1.807) is 0 Å². The largest absolute Gasteiger partial charge is 0.490 e. The smallest absolute Gasteiger partial charge is 0.161 e. The average Bonchev–Trinajstić information content (AvgIpc) is 2.50. The maximum atomic E-state index is 5.81. The standard InChI is InChI=1S/C18H29NO2/c1-5-13(6-2)18-15-12-17(21-8-4)16(20-7-3)11-14(15)9-10-19-18/h11-13,18-19H,5-10H2,1-4H3/p+1. The van der Waals surface area contributed by atoms with Gasteiger partial charge in [-0.2, -0.15) is 0 Å². The van der Waals surface area contributed by atoms with Gasteiger partial charge in [0.2, 0.25) is 0 Å². The molecule has 1 aliphatic heterocycles. The topological polar surface area (TPSA) is 35.1 Å². The van der Waals surface area contributed by atoms with Crippen molar-refractivity contribution >= 4 is 0 Å². The van der Waals surface area contributed by atoms with Crippen LogP contribution in [-0.4, -0.2) is 19.8 Å². The van der Waals surface area contributed by atoms with Gasteiger partial charge < -0.3 is 14.8 Å². The van der Waals surface area contributed by atoms with Gasteiger partial charge in [0.05, 0.1) is 19.8 Å². The monoisotopic (exact) mass is 292 g/mol. The molecule has 0 aliphatic carbocycles. The predicted octanol–water partition coefficient (Wildman–Crippen LogP) is 3.08. The van der Waals surface area contributed by atoms with Crippen LogP contribution in [0.1, 0.15) is 57.7 Å². The normalized spacial score (nSPS) is 17.7. The molecule has 0 saturated heterocycles. The number of ether oxygens (including phenoxy) is 2. The summed E-state index contributed by atoms with van der Waals surface area (Å²) in [5, 5.41) is 2.51. The third-order valence-corrected chi connectivity index (χ3v) is 4.56. The van der Waals surface area contributed by atoms with Crippen molar-refractivity contribution in [1.29, 1.82) is 0 Å². The van der Waals surface area contributed by atoms with Crippen LogP contribution in [0.25, 0.3) is 0 Å². The first-order valence-corrected chi connectivity index (χ1v) is 8.50. The highest BCUT2D eigenvalue weighted by atomic mass is 16.5. The Bertz CT molecular complexity index is 455. The van der Waals surface area contributed by atoms with Crippen LogP contribution >= 0.6 is 0 Å². The molecule has 0 amide bonds. The SMILES string of the molecule is CCOc1cc2c(cc1OCC)C(C(CC)CC)[NH2+]CC2. The van der Waals surface area contributed by atoms with Crippen LogP contribution in [-0.2, 0) is 6.42 Å². The molecule has 1 aromatic rings. The van der Waals surface area contributed by atoms with Gasteiger partial charge in [-0.3, -0.25) is 0 Å². The van der Waals surface area contributed by atoms with Crippen LogP contribution in [0.2, 0.25) is 0 Å². The zero-order valence-corrected chi connectivity index (χ0v) is 13.9. The van der Waals surface area contributed by atoms with E-state index in [2.05, 4.69) is 31.3 Å². The van der Waals surface area contributed by atoms with Crippen LogP contribution in [0.5, 0.6) is 11.5 Å². The number of hydrogen-bond acceptors (Lipinski definition) is 2. The quantitative estimate of drug-likeness (QED) is 0.838. The Balaban J connectivity index is 2.40. The summed E-state index contributed by atoms with van der Waals surface area (Å²) < 4.78 is 11.6. The highest BCUT2D eigenvalue weighted by Crippen LogP contribution is 2.37. The molecule has 2 N–H and O–H groups in total. The maximum Gasteiger partial charge on any atom is 0.161 e. The van der Waals surface area contributed by atoms with Crippen molar-refractivity contribution in [3.05, 3.63) is 23.3 Å². The first kappa shape index (κ1) is 16.2. The summed E-state index contributed by atoms with van der Waals surface area (Å²) in [5.41, 5.74) is 2.91. The Morgan fingerprint density at radius 2 is 1.67 bits per heavy atom. The van der Waals surface area contributed by atoms with Crippen LogP contribution in [0.4, 0.5) is 0 Å². The Morgan fingerprint density at radius 1 is 1.05 bits per heavy atom. The van der Waals surface area contributed by atoms with E-state index in [0.717, 1.165) is 23.8 Å². The fourth-order valence-corrected chi connectivity index (χ4v) is 3.47. The minimum Gasteiger partial charge on any atom is -0.490 e. The van der Waals surface area contributed by atoms with Gasteiger partial charge in [0.25, 0.3) is 0 Å². The molecule has 118 valence electrons. The molecule has 21 heavy (non-hydrogen) atoms. The zero-order chi connectivity index (χ0) is 15.2. The van der Waals surface area contributed by atoms with Crippen LogP contribution in [0.15, 0.2) is 12.1 Å². The van der Waals surface area contributed by atoms with E-state index in [0.29, 0.717) is 19.3 Å². The minimum atomic E-state index is 0.568. The Hall–Kier alpha value is -1.22. The summed E-state index contributed by atoms with van der Waals surface area (Å²) in [6.45, 7) is 11.2. The maximum absolute atomic E-state index is 5.81. The summed E-state index contributed by atoms with van der Waals surface area (Å²) >= 11 is 0. The second-order valence-corrected chi connectivity index (χ2v) is 5.74. The van der Waals surface area contributed by atoms with Gasteiger partial charge in [0, 0.05) is 17.9 Å². The van der Waals surface area contributed by atoms with Crippen molar-refractivity contribution in [3.63, 3.8) is 0 Å². The van der Waals surface area contributed by atoms with Gasteiger partial charge in [-0.25, -0.2) is 0 Å². The molecule has 1 atom stereocenters. The molecule has 0 fully saturated rings. The van der Waals surface area contributed by atoms with E-state index >= 15 is 0 Å². The second kappa shape index (κ2) is 7.69. The van der Waals surface area contributed by atoms with Crippen molar-refractivity contribution in [3.8, 4) is 11.5 Å². The van der Waals surface area contributed by atoms with Gasteiger partial charge in [-0.1, -0.05) is 13.8 Å². The van der Waals surface area contributed by atoms with E-state index in [9.17, 15) is 0 Å². The predicted molar refractivity (Wildman–Crippen MR) is 86.1 cm³/mol. The van der Waals surface area contributed by atoms with Crippen LogP contribution in [0.3, 0.4) is 0 Å². The molecule has 0 radical (unpaired) electrons. The number of benzene rings is 1. The van der Waals surface area contributed by atoms with E-state index in [1.807, 2.05) is 13.8 Å². The number of fused-ring (bicyclic) bond motifs is 1. The molecule has 1 aromatic carbocycles. The highest BCUT2D eigenvalue weighted by Gasteiger charge is 2.30. The summed E-state index contributed by atoms with van der Waals surface area (Å²) in [4.78, 5) is 0. The first-order valence-electron chi connectivity index (χ1n) is 8.50. The van der Waals surface area contributed by atoms with E-state index in [1.165, 1.54) is 30.5 Å². The minimum absolute atomic E-state index is 0.568. The molecule has 0 aromatic heterocycles. The van der Waals surface area contributed by atoms with Crippen molar-refractivity contribution in [2.75, 3.05) is 19.8 Å². The van der Waals surface area contributed by atoms with Gasteiger partial charge in [0.15, 0.2) is 11.5 Å². The highest BCUT2D eigenvalue weighted by molar-refractivity contribution is 5.49. The Kier molecular flexibility index (Phi) is 5.92. The van der Waals surface area contributed by atoms with Crippen molar-refractivity contribution in [2.45, 2.75) is 53.0 Å². The Morgan fingerprint density at radius 3 is 2.24 bits per heavy atom. The van der Waals surface area contributed by atoms with Crippen LogP contribution < -0.4 is 14.8 Å². The molecule has 1 heterocycles. The summed E-state index contributed by atoms with van der Waals surface area (Å²) in [7, 11) is 0. The summed E-state index contributed by atoms with van der Waals surface area (Å²) in [6.07, 6.45) is 3.58.